The van der Waals surface area contributed by atoms with Crippen molar-refractivity contribution in [2.45, 2.75) is 13.1 Å². The van der Waals surface area contributed by atoms with E-state index in [2.05, 4.69) is 60.1 Å². The first kappa shape index (κ1) is 14.6. The molecule has 0 radical (unpaired) electrons. The molecule has 0 unspecified atom stereocenters. The standard InChI is InChI=1S/C16H22N4/c1-19(2)11-13-5-7-15(17-9-13)16-8-6-14(10-18-16)12-20(3)4/h5-10H,11-12H2,1-4H3. The highest BCUT2D eigenvalue weighted by atomic mass is 15.1. The van der Waals surface area contributed by atoms with Gasteiger partial charge < -0.3 is 9.80 Å². The van der Waals surface area contributed by atoms with E-state index in [0.29, 0.717) is 0 Å². The van der Waals surface area contributed by atoms with E-state index in [0.717, 1.165) is 24.5 Å². The maximum Gasteiger partial charge on any atom is 0.0886 e. The Morgan fingerprint density at radius 3 is 1.35 bits per heavy atom. The first-order chi connectivity index (χ1) is 9.54. The van der Waals surface area contributed by atoms with Crippen molar-refractivity contribution < 1.29 is 0 Å². The van der Waals surface area contributed by atoms with Crippen molar-refractivity contribution in [1.82, 2.24) is 19.8 Å². The minimum absolute atomic E-state index is 0.905. The molecule has 0 aliphatic rings. The summed E-state index contributed by atoms with van der Waals surface area (Å²) in [5, 5.41) is 0. The van der Waals surface area contributed by atoms with Gasteiger partial charge in [0.15, 0.2) is 0 Å². The van der Waals surface area contributed by atoms with Gasteiger partial charge in [0.25, 0.3) is 0 Å². The van der Waals surface area contributed by atoms with E-state index >= 15 is 0 Å². The van der Waals surface area contributed by atoms with Gasteiger partial charge in [0, 0.05) is 25.5 Å². The number of aromatic nitrogens is 2. The van der Waals surface area contributed by atoms with Crippen LogP contribution in [0.5, 0.6) is 0 Å². The van der Waals surface area contributed by atoms with Crippen molar-refractivity contribution in [2.75, 3.05) is 28.2 Å². The van der Waals surface area contributed by atoms with Gasteiger partial charge in [-0.1, -0.05) is 12.1 Å². The molecule has 0 aliphatic heterocycles. The number of hydrogen-bond donors (Lipinski definition) is 0. The lowest BCUT2D eigenvalue weighted by Crippen LogP contribution is -2.11. The molecule has 0 fully saturated rings. The third-order valence-electron chi connectivity index (χ3n) is 2.91. The molecule has 0 aliphatic carbocycles. The second-order valence-corrected chi connectivity index (χ2v) is 5.58. The molecule has 2 rings (SSSR count). The monoisotopic (exact) mass is 270 g/mol. The van der Waals surface area contributed by atoms with E-state index in [-0.39, 0.29) is 0 Å². The molecular formula is C16H22N4. The Balaban J connectivity index is 2.11. The van der Waals surface area contributed by atoms with Gasteiger partial charge in [0.05, 0.1) is 11.4 Å². The fourth-order valence-electron chi connectivity index (χ4n) is 2.07. The van der Waals surface area contributed by atoms with E-state index in [1.807, 2.05) is 24.5 Å². The summed E-state index contributed by atoms with van der Waals surface area (Å²) in [6.45, 7) is 1.81. The van der Waals surface area contributed by atoms with Gasteiger partial charge in [0.1, 0.15) is 0 Å². The molecule has 0 spiro atoms. The predicted molar refractivity (Wildman–Crippen MR) is 82.3 cm³/mol. The summed E-state index contributed by atoms with van der Waals surface area (Å²) >= 11 is 0. The minimum atomic E-state index is 0.905. The van der Waals surface area contributed by atoms with Crippen LogP contribution in [0.4, 0.5) is 0 Å². The summed E-state index contributed by atoms with van der Waals surface area (Å²) < 4.78 is 0. The molecule has 2 aromatic rings. The van der Waals surface area contributed by atoms with Crippen LogP contribution in [0.2, 0.25) is 0 Å². The van der Waals surface area contributed by atoms with Crippen molar-refractivity contribution in [2.24, 2.45) is 0 Å². The molecule has 2 aromatic heterocycles. The fourth-order valence-corrected chi connectivity index (χ4v) is 2.07. The third-order valence-corrected chi connectivity index (χ3v) is 2.91. The van der Waals surface area contributed by atoms with E-state index in [4.69, 9.17) is 0 Å². The highest BCUT2D eigenvalue weighted by molar-refractivity contribution is 5.54. The summed E-state index contributed by atoms with van der Waals surface area (Å²) in [5.41, 5.74) is 4.26. The van der Waals surface area contributed by atoms with Crippen molar-refractivity contribution in [3.8, 4) is 11.4 Å². The molecule has 0 aromatic carbocycles. The van der Waals surface area contributed by atoms with Gasteiger partial charge in [-0.25, -0.2) is 0 Å². The highest BCUT2D eigenvalue weighted by Crippen LogP contribution is 2.15. The van der Waals surface area contributed by atoms with E-state index < -0.39 is 0 Å². The summed E-state index contributed by atoms with van der Waals surface area (Å²) in [7, 11) is 8.22. The quantitative estimate of drug-likeness (QED) is 0.834. The zero-order valence-electron chi connectivity index (χ0n) is 12.7. The molecular weight excluding hydrogens is 248 g/mol. The highest BCUT2D eigenvalue weighted by Gasteiger charge is 2.03. The predicted octanol–water partition coefficient (Wildman–Crippen LogP) is 2.27. The Kier molecular flexibility index (Phi) is 4.82. The second kappa shape index (κ2) is 6.59. The Morgan fingerprint density at radius 1 is 0.700 bits per heavy atom. The number of pyridine rings is 2. The maximum atomic E-state index is 4.49. The number of hydrogen-bond acceptors (Lipinski definition) is 4. The van der Waals surface area contributed by atoms with Crippen molar-refractivity contribution in [3.05, 3.63) is 47.8 Å². The summed E-state index contributed by atoms with van der Waals surface area (Å²) in [4.78, 5) is 13.2. The van der Waals surface area contributed by atoms with E-state index in [1.165, 1.54) is 11.1 Å². The molecule has 0 N–H and O–H groups in total. The van der Waals surface area contributed by atoms with Crippen LogP contribution in [0, 0.1) is 0 Å². The maximum absolute atomic E-state index is 4.49. The molecule has 0 amide bonds. The Hall–Kier alpha value is -1.78. The first-order valence-corrected chi connectivity index (χ1v) is 6.74. The third kappa shape index (κ3) is 4.11. The molecule has 20 heavy (non-hydrogen) atoms. The first-order valence-electron chi connectivity index (χ1n) is 6.74. The summed E-state index contributed by atoms with van der Waals surface area (Å²) in [6.07, 6.45) is 3.84. The molecule has 0 atom stereocenters. The van der Waals surface area contributed by atoms with Gasteiger partial charge in [-0.15, -0.1) is 0 Å². The SMILES string of the molecule is CN(C)Cc1ccc(-c2ccc(CN(C)C)cn2)nc1. The van der Waals surface area contributed by atoms with Gasteiger partial charge in [0.2, 0.25) is 0 Å². The van der Waals surface area contributed by atoms with Crippen LogP contribution < -0.4 is 0 Å². The lowest BCUT2D eigenvalue weighted by molar-refractivity contribution is 0.402. The van der Waals surface area contributed by atoms with E-state index in [1.54, 1.807) is 0 Å². The molecule has 2 heterocycles. The van der Waals surface area contributed by atoms with Crippen LogP contribution in [0.25, 0.3) is 11.4 Å². The van der Waals surface area contributed by atoms with Crippen LogP contribution in [-0.4, -0.2) is 48.0 Å². The van der Waals surface area contributed by atoms with Crippen molar-refractivity contribution >= 4 is 0 Å². The molecule has 106 valence electrons. The average molecular weight is 270 g/mol. The zero-order valence-corrected chi connectivity index (χ0v) is 12.7. The lowest BCUT2D eigenvalue weighted by atomic mass is 10.2. The van der Waals surface area contributed by atoms with Crippen LogP contribution in [0.15, 0.2) is 36.7 Å². The van der Waals surface area contributed by atoms with Gasteiger partial charge in [-0.3, -0.25) is 9.97 Å². The van der Waals surface area contributed by atoms with Gasteiger partial charge in [-0.05, 0) is 51.5 Å². The Bertz CT molecular complexity index is 478. The van der Waals surface area contributed by atoms with Crippen LogP contribution >= 0.6 is 0 Å². The van der Waals surface area contributed by atoms with Crippen LogP contribution in [-0.2, 0) is 13.1 Å². The Morgan fingerprint density at radius 2 is 1.10 bits per heavy atom. The van der Waals surface area contributed by atoms with Crippen LogP contribution in [0.1, 0.15) is 11.1 Å². The average Bonchev–Trinajstić information content (AvgIpc) is 2.39. The Labute approximate surface area is 121 Å². The normalized spacial score (nSPS) is 11.3. The molecule has 0 saturated carbocycles. The summed E-state index contributed by atoms with van der Waals surface area (Å²) in [6, 6.07) is 8.29. The smallest absolute Gasteiger partial charge is 0.0886 e. The fraction of sp³-hybridized carbons (Fsp3) is 0.375. The minimum Gasteiger partial charge on any atom is -0.305 e. The van der Waals surface area contributed by atoms with Crippen LogP contribution in [0.3, 0.4) is 0 Å². The topological polar surface area (TPSA) is 32.3 Å². The van der Waals surface area contributed by atoms with Gasteiger partial charge in [-0.2, -0.15) is 0 Å². The van der Waals surface area contributed by atoms with Crippen molar-refractivity contribution in [1.29, 1.82) is 0 Å². The lowest BCUT2D eigenvalue weighted by Gasteiger charge is -2.10. The molecule has 4 heteroatoms. The zero-order chi connectivity index (χ0) is 14.5. The molecule has 0 bridgehead atoms. The van der Waals surface area contributed by atoms with Crippen molar-refractivity contribution in [3.63, 3.8) is 0 Å². The number of nitrogens with zero attached hydrogens (tertiary/aromatic N) is 4. The van der Waals surface area contributed by atoms with Gasteiger partial charge >= 0.3 is 0 Å². The second-order valence-electron chi connectivity index (χ2n) is 5.58. The summed E-state index contributed by atoms with van der Waals surface area (Å²) in [5.74, 6) is 0. The molecule has 4 nitrogen and oxygen atoms in total. The molecule has 0 saturated heterocycles. The van der Waals surface area contributed by atoms with E-state index in [9.17, 15) is 0 Å². The number of rotatable bonds is 5. The largest absolute Gasteiger partial charge is 0.305 e.